The molecule has 0 amide bonds. The molecule has 0 aliphatic carbocycles. The van der Waals surface area contributed by atoms with Crippen LogP contribution in [0, 0.1) is 0 Å². The number of halogens is 1. The smallest absolute Gasteiger partial charge is 0.224 e. The summed E-state index contributed by atoms with van der Waals surface area (Å²) in [6.07, 6.45) is 6.01. The number of aromatic nitrogens is 2. The Morgan fingerprint density at radius 1 is 1.15 bits per heavy atom. The third-order valence-corrected chi connectivity index (χ3v) is 6.29. The van der Waals surface area contributed by atoms with Crippen LogP contribution in [0.3, 0.4) is 0 Å². The Morgan fingerprint density at radius 2 is 1.89 bits per heavy atom. The van der Waals surface area contributed by atoms with Gasteiger partial charge in [-0.15, -0.1) is 0 Å². The molecule has 0 unspecified atom stereocenters. The molecule has 1 saturated heterocycles. The molecule has 0 spiro atoms. The van der Waals surface area contributed by atoms with E-state index in [4.69, 9.17) is 21.1 Å². The van der Waals surface area contributed by atoms with E-state index in [1.807, 2.05) is 0 Å². The summed E-state index contributed by atoms with van der Waals surface area (Å²) >= 11 is 6.14. The second-order valence-electron chi connectivity index (χ2n) is 7.16. The fraction of sp³-hybridized carbons (Fsp3) is 0.556. The first-order valence-corrected chi connectivity index (χ1v) is 11.4. The van der Waals surface area contributed by atoms with E-state index in [0.29, 0.717) is 45.3 Å². The van der Waals surface area contributed by atoms with Crippen molar-refractivity contribution >= 4 is 32.3 Å². The third kappa shape index (κ3) is 5.00. The minimum atomic E-state index is -3.02. The van der Waals surface area contributed by atoms with Crippen LogP contribution in [-0.4, -0.2) is 68.4 Å². The Hall–Kier alpha value is -1.64. The zero-order valence-electron chi connectivity index (χ0n) is 15.6. The molecule has 0 saturated carbocycles. The summed E-state index contributed by atoms with van der Waals surface area (Å²) in [4.78, 5) is 8.23. The van der Waals surface area contributed by atoms with E-state index in [1.165, 1.54) is 19.0 Å². The highest BCUT2D eigenvalue weighted by molar-refractivity contribution is 7.90. The summed E-state index contributed by atoms with van der Waals surface area (Å²) in [5.41, 5.74) is 0.673. The van der Waals surface area contributed by atoms with Gasteiger partial charge in [-0.05, 0) is 25.3 Å². The van der Waals surface area contributed by atoms with Crippen LogP contribution in [0.5, 0.6) is 11.5 Å². The third-order valence-electron chi connectivity index (χ3n) is 5.07. The standard InChI is InChI=1S/C18H25ClN3O4S/c1-25-16-10-14-15(20-12-21-18(14)19)11-17(16)26-13-22(6-4-3-5-7-22)8-9-27(2,23)24/h10-12H,3-9,13H2,1-2H3/q+1. The molecule has 27 heavy (non-hydrogen) atoms. The predicted octanol–water partition coefficient (Wildman–Crippen LogP) is 2.67. The van der Waals surface area contributed by atoms with E-state index in [-0.39, 0.29) is 5.75 Å². The van der Waals surface area contributed by atoms with Gasteiger partial charge in [-0.1, -0.05) is 11.6 Å². The molecule has 148 valence electrons. The maximum absolute atomic E-state index is 11.7. The van der Waals surface area contributed by atoms with Gasteiger partial charge < -0.3 is 9.47 Å². The average Bonchev–Trinajstić information content (AvgIpc) is 2.65. The van der Waals surface area contributed by atoms with Gasteiger partial charge in [0.15, 0.2) is 21.3 Å². The van der Waals surface area contributed by atoms with Crippen molar-refractivity contribution in [1.82, 2.24) is 9.97 Å². The first-order valence-electron chi connectivity index (χ1n) is 8.96. The van der Waals surface area contributed by atoms with E-state index >= 15 is 0 Å². The van der Waals surface area contributed by atoms with E-state index in [2.05, 4.69) is 9.97 Å². The van der Waals surface area contributed by atoms with Crippen LogP contribution in [0.25, 0.3) is 10.9 Å². The first-order chi connectivity index (χ1) is 12.8. The number of rotatable bonds is 7. The van der Waals surface area contributed by atoms with Gasteiger partial charge >= 0.3 is 0 Å². The van der Waals surface area contributed by atoms with E-state index in [0.717, 1.165) is 25.9 Å². The first kappa shape index (κ1) is 20.1. The monoisotopic (exact) mass is 414 g/mol. The number of hydrogen-bond donors (Lipinski definition) is 0. The molecule has 0 radical (unpaired) electrons. The molecular weight excluding hydrogens is 390 g/mol. The lowest BCUT2D eigenvalue weighted by Crippen LogP contribution is -2.55. The predicted molar refractivity (Wildman–Crippen MR) is 105 cm³/mol. The highest BCUT2D eigenvalue weighted by Crippen LogP contribution is 2.34. The molecule has 0 bridgehead atoms. The van der Waals surface area contributed by atoms with Gasteiger partial charge in [0, 0.05) is 17.7 Å². The minimum Gasteiger partial charge on any atom is -0.493 e. The van der Waals surface area contributed by atoms with Crippen molar-refractivity contribution in [3.8, 4) is 11.5 Å². The minimum absolute atomic E-state index is 0.161. The van der Waals surface area contributed by atoms with Crippen LogP contribution in [-0.2, 0) is 9.84 Å². The summed E-state index contributed by atoms with van der Waals surface area (Å²) in [5.74, 6) is 1.29. The fourth-order valence-electron chi connectivity index (χ4n) is 3.47. The van der Waals surface area contributed by atoms with Crippen LogP contribution in [0.15, 0.2) is 18.5 Å². The lowest BCUT2D eigenvalue weighted by molar-refractivity contribution is -0.944. The number of likely N-dealkylation sites (tertiary alicyclic amines) is 1. The van der Waals surface area contributed by atoms with Crippen LogP contribution >= 0.6 is 11.6 Å². The second kappa shape index (κ2) is 8.16. The lowest BCUT2D eigenvalue weighted by atomic mass is 10.1. The average molecular weight is 415 g/mol. The highest BCUT2D eigenvalue weighted by Gasteiger charge is 2.32. The number of methoxy groups -OCH3 is 1. The molecule has 2 heterocycles. The number of quaternary nitrogens is 1. The van der Waals surface area contributed by atoms with Crippen molar-refractivity contribution in [2.45, 2.75) is 19.3 Å². The second-order valence-corrected chi connectivity index (χ2v) is 9.78. The van der Waals surface area contributed by atoms with Gasteiger partial charge in [0.25, 0.3) is 0 Å². The van der Waals surface area contributed by atoms with E-state index < -0.39 is 9.84 Å². The maximum Gasteiger partial charge on any atom is 0.224 e. The molecule has 0 atom stereocenters. The normalized spacial score (nSPS) is 17.0. The lowest BCUT2D eigenvalue weighted by Gasteiger charge is -2.40. The number of hydrogen-bond acceptors (Lipinski definition) is 6. The molecule has 0 N–H and O–H groups in total. The Kier molecular flexibility index (Phi) is 6.08. The Morgan fingerprint density at radius 3 is 2.56 bits per heavy atom. The fourth-order valence-corrected chi connectivity index (χ4v) is 4.39. The summed E-state index contributed by atoms with van der Waals surface area (Å²) in [5, 5.41) is 1.06. The number of ether oxygens (including phenoxy) is 2. The molecule has 2 aromatic rings. The molecule has 3 rings (SSSR count). The molecule has 1 fully saturated rings. The van der Waals surface area contributed by atoms with Gasteiger partial charge in [-0.3, -0.25) is 4.48 Å². The van der Waals surface area contributed by atoms with Crippen LogP contribution < -0.4 is 9.47 Å². The quantitative estimate of drug-likeness (QED) is 0.512. The van der Waals surface area contributed by atoms with Crippen molar-refractivity contribution in [2.75, 3.05) is 45.5 Å². The Balaban J connectivity index is 1.84. The number of piperidine rings is 1. The maximum atomic E-state index is 11.7. The highest BCUT2D eigenvalue weighted by atomic mass is 35.5. The van der Waals surface area contributed by atoms with E-state index in [1.54, 1.807) is 19.2 Å². The molecule has 1 aliphatic rings. The summed E-state index contributed by atoms with van der Waals surface area (Å²) in [6.45, 7) is 2.79. The Labute approximate surface area is 164 Å². The van der Waals surface area contributed by atoms with Gasteiger partial charge in [0.2, 0.25) is 6.73 Å². The van der Waals surface area contributed by atoms with E-state index in [9.17, 15) is 8.42 Å². The largest absolute Gasteiger partial charge is 0.493 e. The molecule has 1 aromatic heterocycles. The number of benzene rings is 1. The summed E-state index contributed by atoms with van der Waals surface area (Å²) in [7, 11) is -1.45. The summed E-state index contributed by atoms with van der Waals surface area (Å²) in [6, 6.07) is 3.56. The number of sulfone groups is 1. The van der Waals surface area contributed by atoms with Gasteiger partial charge in [-0.25, -0.2) is 18.4 Å². The van der Waals surface area contributed by atoms with Crippen molar-refractivity contribution in [3.05, 3.63) is 23.6 Å². The van der Waals surface area contributed by atoms with Crippen molar-refractivity contribution in [1.29, 1.82) is 0 Å². The van der Waals surface area contributed by atoms with Gasteiger partial charge in [-0.2, -0.15) is 0 Å². The van der Waals surface area contributed by atoms with Gasteiger partial charge in [0.05, 0.1) is 38.0 Å². The van der Waals surface area contributed by atoms with Crippen molar-refractivity contribution in [3.63, 3.8) is 0 Å². The number of fused-ring (bicyclic) bond motifs is 1. The number of nitrogens with zero attached hydrogens (tertiary/aromatic N) is 3. The SMILES string of the molecule is COc1cc2c(Cl)ncnc2cc1OC[N+]1(CCS(C)(=O)=O)CCCCC1. The molecular formula is C18H25ClN3O4S+. The molecule has 1 aliphatic heterocycles. The zero-order chi connectivity index (χ0) is 19.5. The van der Waals surface area contributed by atoms with Crippen molar-refractivity contribution < 1.29 is 22.4 Å². The molecule has 1 aromatic carbocycles. The molecule has 9 heteroatoms. The Bertz CT molecular complexity index is 914. The van der Waals surface area contributed by atoms with Gasteiger partial charge in [0.1, 0.15) is 11.5 Å². The van der Waals surface area contributed by atoms with Crippen molar-refractivity contribution in [2.24, 2.45) is 0 Å². The van der Waals surface area contributed by atoms with Crippen LogP contribution in [0.4, 0.5) is 0 Å². The van der Waals surface area contributed by atoms with Crippen LogP contribution in [0.2, 0.25) is 5.15 Å². The van der Waals surface area contributed by atoms with Crippen LogP contribution in [0.1, 0.15) is 19.3 Å². The zero-order valence-corrected chi connectivity index (χ0v) is 17.2. The molecule has 7 nitrogen and oxygen atoms in total. The summed E-state index contributed by atoms with van der Waals surface area (Å²) < 4.78 is 35.6. The topological polar surface area (TPSA) is 78.4 Å².